The third-order valence-corrected chi connectivity index (χ3v) is 6.06. The van der Waals surface area contributed by atoms with E-state index in [-0.39, 0.29) is 35.8 Å². The largest absolute Gasteiger partial charge is 0.347 e. The lowest BCUT2D eigenvalue weighted by atomic mass is 9.96. The zero-order valence-electron chi connectivity index (χ0n) is 17.2. The van der Waals surface area contributed by atoms with Gasteiger partial charge < -0.3 is 5.32 Å². The number of nitrogens with one attached hydrogen (secondary N) is 1. The van der Waals surface area contributed by atoms with Crippen LogP contribution in [-0.2, 0) is 11.3 Å². The van der Waals surface area contributed by atoms with Crippen LogP contribution < -0.4 is 10.9 Å². The first kappa shape index (κ1) is 20.9. The Balaban J connectivity index is 1.62. The minimum Gasteiger partial charge on any atom is -0.347 e. The van der Waals surface area contributed by atoms with E-state index in [9.17, 15) is 14.0 Å². The van der Waals surface area contributed by atoms with Crippen LogP contribution in [0.15, 0.2) is 71.1 Å². The van der Waals surface area contributed by atoms with Crippen LogP contribution in [0.2, 0.25) is 0 Å². The summed E-state index contributed by atoms with van der Waals surface area (Å²) in [6, 6.07) is 15.6. The molecular formula is C24H22FN3O2S. The van der Waals surface area contributed by atoms with Crippen LogP contribution >= 0.6 is 11.3 Å². The average molecular weight is 436 g/mol. The second kappa shape index (κ2) is 8.81. The molecule has 0 saturated carbocycles. The van der Waals surface area contributed by atoms with Gasteiger partial charge in [0.05, 0.1) is 17.8 Å². The fourth-order valence-electron chi connectivity index (χ4n) is 3.59. The van der Waals surface area contributed by atoms with E-state index < -0.39 is 0 Å². The summed E-state index contributed by atoms with van der Waals surface area (Å²) in [4.78, 5) is 30.9. The van der Waals surface area contributed by atoms with Crippen molar-refractivity contribution in [3.05, 3.63) is 88.0 Å². The van der Waals surface area contributed by atoms with Crippen molar-refractivity contribution in [2.75, 3.05) is 0 Å². The van der Waals surface area contributed by atoms with Gasteiger partial charge in [-0.05, 0) is 29.2 Å². The van der Waals surface area contributed by atoms with Gasteiger partial charge >= 0.3 is 0 Å². The van der Waals surface area contributed by atoms with Gasteiger partial charge in [-0.3, -0.25) is 14.2 Å². The molecule has 2 heterocycles. The van der Waals surface area contributed by atoms with Crippen LogP contribution in [0, 0.1) is 11.7 Å². The van der Waals surface area contributed by atoms with E-state index in [0.29, 0.717) is 15.8 Å². The third-order valence-electron chi connectivity index (χ3n) is 5.17. The summed E-state index contributed by atoms with van der Waals surface area (Å²) in [7, 11) is 0. The Morgan fingerprint density at radius 1 is 1.13 bits per heavy atom. The summed E-state index contributed by atoms with van der Waals surface area (Å²) < 4.78 is 14.6. The molecule has 7 heteroatoms. The van der Waals surface area contributed by atoms with E-state index in [1.165, 1.54) is 34.4 Å². The van der Waals surface area contributed by atoms with Gasteiger partial charge in [0.15, 0.2) is 0 Å². The first-order chi connectivity index (χ1) is 14.9. The van der Waals surface area contributed by atoms with Crippen molar-refractivity contribution in [2.45, 2.75) is 26.4 Å². The number of hydrogen-bond acceptors (Lipinski definition) is 4. The molecule has 1 N–H and O–H groups in total. The van der Waals surface area contributed by atoms with Crippen molar-refractivity contribution in [3.63, 3.8) is 0 Å². The highest BCUT2D eigenvalue weighted by molar-refractivity contribution is 7.17. The summed E-state index contributed by atoms with van der Waals surface area (Å²) in [6.07, 6.45) is 1.40. The van der Waals surface area contributed by atoms with Crippen molar-refractivity contribution in [3.8, 4) is 11.1 Å². The van der Waals surface area contributed by atoms with Gasteiger partial charge in [-0.1, -0.05) is 56.3 Å². The maximum absolute atomic E-state index is 13.3. The Bertz CT molecular complexity index is 1260. The van der Waals surface area contributed by atoms with Crippen LogP contribution in [0.25, 0.3) is 21.3 Å². The highest BCUT2D eigenvalue weighted by Crippen LogP contribution is 2.30. The zero-order valence-corrected chi connectivity index (χ0v) is 18.0. The Morgan fingerprint density at radius 3 is 2.52 bits per heavy atom. The second-order valence-electron chi connectivity index (χ2n) is 7.71. The number of thiophene rings is 1. The van der Waals surface area contributed by atoms with Crippen molar-refractivity contribution < 1.29 is 9.18 Å². The molecule has 4 rings (SSSR count). The Kier molecular flexibility index (Phi) is 5.95. The van der Waals surface area contributed by atoms with Gasteiger partial charge in [-0.2, -0.15) is 0 Å². The molecule has 0 aliphatic carbocycles. The predicted molar refractivity (Wildman–Crippen MR) is 121 cm³/mol. The number of aromatic nitrogens is 2. The van der Waals surface area contributed by atoms with Gasteiger partial charge in [-0.25, -0.2) is 9.37 Å². The van der Waals surface area contributed by atoms with Crippen LogP contribution in [0.1, 0.15) is 25.5 Å². The Hall–Kier alpha value is -3.32. The lowest BCUT2D eigenvalue weighted by molar-refractivity contribution is -0.122. The van der Waals surface area contributed by atoms with Gasteiger partial charge in [-0.15, -0.1) is 11.3 Å². The van der Waals surface area contributed by atoms with Crippen molar-refractivity contribution in [2.24, 2.45) is 5.92 Å². The molecule has 2 aromatic heterocycles. The summed E-state index contributed by atoms with van der Waals surface area (Å²) in [5, 5.41) is 5.31. The number of halogens is 1. The number of nitrogens with zero attached hydrogens (tertiary/aromatic N) is 2. The third kappa shape index (κ3) is 4.41. The van der Waals surface area contributed by atoms with Crippen LogP contribution in [0.3, 0.4) is 0 Å². The normalized spacial score (nSPS) is 12.3. The predicted octanol–water partition coefficient (Wildman–Crippen LogP) is 4.78. The minimum atomic E-state index is -0.339. The lowest BCUT2D eigenvalue weighted by Crippen LogP contribution is -2.36. The number of hydrogen-bond donors (Lipinski definition) is 1. The molecular weight excluding hydrogens is 413 g/mol. The standard InChI is InChI=1S/C24H22FN3O2S/c1-15(2)22(17-6-4-3-5-7-17)27-20(29)12-28-14-26-23-21(24(28)30)19(13-31-23)16-8-10-18(25)11-9-16/h3-11,13-15,22H,12H2,1-2H3,(H,27,29). The summed E-state index contributed by atoms with van der Waals surface area (Å²) >= 11 is 1.35. The first-order valence-corrected chi connectivity index (χ1v) is 10.9. The molecule has 0 aliphatic rings. The Morgan fingerprint density at radius 2 is 1.84 bits per heavy atom. The number of benzene rings is 2. The summed E-state index contributed by atoms with van der Waals surface area (Å²) in [5.74, 6) is -0.413. The highest BCUT2D eigenvalue weighted by Gasteiger charge is 2.20. The quantitative estimate of drug-likeness (QED) is 0.474. The molecule has 1 unspecified atom stereocenters. The second-order valence-corrected chi connectivity index (χ2v) is 8.57. The molecule has 1 amide bonds. The number of carbonyl (C=O) groups is 1. The highest BCUT2D eigenvalue weighted by atomic mass is 32.1. The van der Waals surface area contributed by atoms with E-state index in [0.717, 1.165) is 11.1 Å². The van der Waals surface area contributed by atoms with Crippen molar-refractivity contribution in [1.29, 1.82) is 0 Å². The molecule has 0 radical (unpaired) electrons. The van der Waals surface area contributed by atoms with Gasteiger partial charge in [0.2, 0.25) is 5.91 Å². The maximum atomic E-state index is 13.3. The van der Waals surface area contributed by atoms with Gasteiger partial charge in [0.25, 0.3) is 5.56 Å². The first-order valence-electron chi connectivity index (χ1n) is 10.0. The monoisotopic (exact) mass is 435 g/mol. The summed E-state index contributed by atoms with van der Waals surface area (Å²) in [5.41, 5.74) is 2.15. The van der Waals surface area contributed by atoms with Crippen LogP contribution in [0.4, 0.5) is 4.39 Å². The molecule has 0 aliphatic heterocycles. The van der Waals surface area contributed by atoms with Crippen LogP contribution in [0.5, 0.6) is 0 Å². The number of carbonyl (C=O) groups excluding carboxylic acids is 1. The van der Waals surface area contributed by atoms with E-state index in [1.54, 1.807) is 12.1 Å². The van der Waals surface area contributed by atoms with E-state index in [1.807, 2.05) is 49.6 Å². The average Bonchev–Trinajstić information content (AvgIpc) is 3.20. The summed E-state index contributed by atoms with van der Waals surface area (Å²) in [6.45, 7) is 3.95. The topological polar surface area (TPSA) is 64.0 Å². The molecule has 31 heavy (non-hydrogen) atoms. The van der Waals surface area contributed by atoms with Crippen LogP contribution in [-0.4, -0.2) is 15.5 Å². The van der Waals surface area contributed by atoms with Crippen molar-refractivity contribution in [1.82, 2.24) is 14.9 Å². The fourth-order valence-corrected chi connectivity index (χ4v) is 4.50. The number of amides is 1. The van der Waals surface area contributed by atoms with Crippen molar-refractivity contribution >= 4 is 27.5 Å². The van der Waals surface area contributed by atoms with E-state index >= 15 is 0 Å². The molecule has 0 fully saturated rings. The molecule has 158 valence electrons. The van der Waals surface area contributed by atoms with E-state index in [4.69, 9.17) is 0 Å². The SMILES string of the molecule is CC(C)C(NC(=O)Cn1cnc2scc(-c3ccc(F)cc3)c2c1=O)c1ccccc1. The van der Waals surface area contributed by atoms with Gasteiger partial charge in [0.1, 0.15) is 17.2 Å². The molecule has 5 nitrogen and oxygen atoms in total. The fraction of sp³-hybridized carbons (Fsp3) is 0.208. The number of rotatable bonds is 6. The lowest BCUT2D eigenvalue weighted by Gasteiger charge is -2.23. The zero-order chi connectivity index (χ0) is 22.0. The van der Waals surface area contributed by atoms with E-state index in [2.05, 4.69) is 10.3 Å². The molecule has 4 aromatic rings. The molecule has 0 bridgehead atoms. The molecule has 0 spiro atoms. The minimum absolute atomic E-state index is 0.128. The molecule has 0 saturated heterocycles. The molecule has 1 atom stereocenters. The maximum Gasteiger partial charge on any atom is 0.263 e. The van der Waals surface area contributed by atoms with Gasteiger partial charge in [0, 0.05) is 10.9 Å². The smallest absolute Gasteiger partial charge is 0.263 e. The molecule has 2 aromatic carbocycles. The Labute approximate surface area is 183 Å². The number of fused-ring (bicyclic) bond motifs is 1.